The molecule has 1 fully saturated rings. The minimum Gasteiger partial charge on any atom is -0.444 e. The number of rotatable bonds is 7. The van der Waals surface area contributed by atoms with Crippen LogP contribution in [0.3, 0.4) is 0 Å². The zero-order chi connectivity index (χ0) is 34.7. The molecule has 1 N–H and O–H groups in total. The number of hydrogen-bond donors (Lipinski definition) is 1. The molecule has 0 spiro atoms. The third-order valence-corrected chi connectivity index (χ3v) is 7.69. The van der Waals surface area contributed by atoms with E-state index in [0.717, 1.165) is 29.5 Å². The topological polar surface area (TPSA) is 142 Å². The quantitative estimate of drug-likeness (QED) is 0.289. The Morgan fingerprint density at radius 2 is 1.79 bits per heavy atom. The van der Waals surface area contributed by atoms with Gasteiger partial charge in [0.15, 0.2) is 5.65 Å². The highest BCUT2D eigenvalue weighted by molar-refractivity contribution is 7.83. The van der Waals surface area contributed by atoms with Gasteiger partial charge in [-0.2, -0.15) is 14.9 Å². The Morgan fingerprint density at radius 3 is 2.38 bits per heavy atom. The first kappa shape index (κ1) is 35.4. The van der Waals surface area contributed by atoms with E-state index in [1.807, 2.05) is 79.7 Å². The average molecular weight is 664 g/mol. The molecule has 0 saturated heterocycles. The summed E-state index contributed by atoms with van der Waals surface area (Å²) in [6.45, 7) is 15.7. The predicted molar refractivity (Wildman–Crippen MR) is 184 cm³/mol. The lowest BCUT2D eigenvalue weighted by atomic mass is 10.0. The van der Waals surface area contributed by atoms with Crippen LogP contribution in [0.5, 0.6) is 0 Å². The van der Waals surface area contributed by atoms with Crippen LogP contribution in [0.15, 0.2) is 36.5 Å². The Balaban J connectivity index is 0.00000245. The number of carbonyl (C=O) groups excluding carboxylic acids is 2. The number of nitriles is 1. The molecule has 12 nitrogen and oxygen atoms in total. The van der Waals surface area contributed by atoms with Crippen LogP contribution >= 0.6 is 0 Å². The number of fused-ring (bicyclic) bond motifs is 1. The number of anilines is 3. The highest BCUT2D eigenvalue weighted by atomic mass is 32.2. The number of aromatic nitrogens is 3. The summed E-state index contributed by atoms with van der Waals surface area (Å²) in [4.78, 5) is 33.9. The first-order valence-electron chi connectivity index (χ1n) is 15.8. The van der Waals surface area contributed by atoms with E-state index in [1.54, 1.807) is 22.1 Å². The van der Waals surface area contributed by atoms with Gasteiger partial charge in [-0.15, -0.1) is 0 Å². The second kappa shape index (κ2) is 14.1. The maximum Gasteiger partial charge on any atom is 0.416 e. The van der Waals surface area contributed by atoms with Crippen molar-refractivity contribution in [3.8, 4) is 6.07 Å². The molecule has 1 aliphatic heterocycles. The first-order valence-corrected chi connectivity index (χ1v) is 17.5. The van der Waals surface area contributed by atoms with Gasteiger partial charge in [0.25, 0.3) is 0 Å². The second-order valence-corrected chi connectivity index (χ2v) is 14.7. The summed E-state index contributed by atoms with van der Waals surface area (Å²) in [6.07, 6.45) is 5.82. The van der Waals surface area contributed by atoms with E-state index in [9.17, 15) is 19.1 Å². The van der Waals surface area contributed by atoms with Gasteiger partial charge in [0.1, 0.15) is 34.5 Å². The molecule has 2 aliphatic rings. The minimum atomic E-state index is -1.13. The van der Waals surface area contributed by atoms with Gasteiger partial charge >= 0.3 is 12.2 Å². The smallest absolute Gasteiger partial charge is 0.416 e. The van der Waals surface area contributed by atoms with Crippen molar-refractivity contribution in [1.82, 2.24) is 19.5 Å². The van der Waals surface area contributed by atoms with E-state index in [0.29, 0.717) is 41.8 Å². The molecule has 0 bridgehead atoms. The average Bonchev–Trinajstić information content (AvgIpc) is 3.50. The van der Waals surface area contributed by atoms with Gasteiger partial charge < -0.3 is 19.7 Å². The fraction of sp³-hybridized carbons (Fsp3) is 0.500. The SMILES string of the molecule is CC.CS(=O)Cc1cc(Nc2cc(N(C(=O)OC(C)(C)C)C3CC3)n3ncc(C#N)c3n2)ccc1C1=CCN(C(=O)OC(C)(C)C)C1. The third kappa shape index (κ3) is 8.88. The molecule has 13 heteroatoms. The van der Waals surface area contributed by atoms with E-state index in [-0.39, 0.29) is 17.7 Å². The van der Waals surface area contributed by atoms with Gasteiger partial charge in [-0.25, -0.2) is 14.6 Å². The molecular weight excluding hydrogens is 618 g/mol. The van der Waals surface area contributed by atoms with Gasteiger partial charge in [0, 0.05) is 53.7 Å². The monoisotopic (exact) mass is 663 g/mol. The summed E-state index contributed by atoms with van der Waals surface area (Å²) < 4.78 is 25.2. The van der Waals surface area contributed by atoms with Crippen LogP contribution < -0.4 is 10.2 Å². The van der Waals surface area contributed by atoms with Crippen molar-refractivity contribution in [2.24, 2.45) is 0 Å². The third-order valence-electron chi connectivity index (χ3n) is 6.98. The molecule has 47 heavy (non-hydrogen) atoms. The van der Waals surface area contributed by atoms with E-state index >= 15 is 0 Å². The molecule has 1 saturated carbocycles. The number of benzene rings is 1. The lowest BCUT2D eigenvalue weighted by Gasteiger charge is -2.27. The zero-order valence-corrected chi connectivity index (χ0v) is 29.5. The molecule has 1 aromatic carbocycles. The number of hydrogen-bond acceptors (Lipinski definition) is 9. The normalized spacial score (nSPS) is 15.2. The summed E-state index contributed by atoms with van der Waals surface area (Å²) >= 11 is 0. The summed E-state index contributed by atoms with van der Waals surface area (Å²) in [5.41, 5.74) is 2.64. The highest BCUT2D eigenvalue weighted by Gasteiger charge is 2.38. The van der Waals surface area contributed by atoms with Crippen LogP contribution in [-0.2, 0) is 26.0 Å². The molecule has 2 aromatic heterocycles. The Morgan fingerprint density at radius 1 is 1.11 bits per heavy atom. The van der Waals surface area contributed by atoms with E-state index in [1.165, 1.54) is 10.7 Å². The molecule has 5 rings (SSSR count). The van der Waals surface area contributed by atoms with Crippen molar-refractivity contribution in [3.63, 3.8) is 0 Å². The molecule has 3 aromatic rings. The summed E-state index contributed by atoms with van der Waals surface area (Å²) in [7, 11) is -1.13. The Labute approximate surface area is 279 Å². The van der Waals surface area contributed by atoms with Crippen molar-refractivity contribution in [2.45, 2.75) is 91.2 Å². The van der Waals surface area contributed by atoms with E-state index in [4.69, 9.17) is 9.47 Å². The zero-order valence-electron chi connectivity index (χ0n) is 28.7. The van der Waals surface area contributed by atoms with Crippen molar-refractivity contribution >= 4 is 51.5 Å². The van der Waals surface area contributed by atoms with E-state index in [2.05, 4.69) is 21.5 Å². The number of ether oxygens (including phenoxy) is 2. The molecule has 1 aliphatic carbocycles. The second-order valence-electron chi connectivity index (χ2n) is 13.3. The number of amides is 2. The summed E-state index contributed by atoms with van der Waals surface area (Å²) in [5.74, 6) is 1.14. The lowest BCUT2D eigenvalue weighted by Crippen LogP contribution is -2.39. The van der Waals surface area contributed by atoms with Crippen molar-refractivity contribution in [1.29, 1.82) is 5.26 Å². The van der Waals surface area contributed by atoms with Gasteiger partial charge in [0.2, 0.25) is 0 Å². The highest BCUT2D eigenvalue weighted by Crippen LogP contribution is 2.36. The van der Waals surface area contributed by atoms with Gasteiger partial charge in [-0.3, -0.25) is 9.11 Å². The molecule has 1 unspecified atom stereocenters. The maximum absolute atomic E-state index is 13.4. The van der Waals surface area contributed by atoms with Crippen LogP contribution in [-0.4, -0.2) is 72.5 Å². The summed E-state index contributed by atoms with van der Waals surface area (Å²) in [6, 6.07) is 9.51. The Kier molecular flexibility index (Phi) is 10.6. The Bertz CT molecular complexity index is 1740. The van der Waals surface area contributed by atoms with Crippen LogP contribution in [0, 0.1) is 11.3 Å². The predicted octanol–water partition coefficient (Wildman–Crippen LogP) is 6.79. The molecule has 2 amide bonds. The summed E-state index contributed by atoms with van der Waals surface area (Å²) in [5, 5.41) is 17.4. The number of carbonyl (C=O) groups is 2. The van der Waals surface area contributed by atoms with Crippen LogP contribution in [0.4, 0.5) is 26.9 Å². The minimum absolute atomic E-state index is 0.0570. The molecule has 3 heterocycles. The molecule has 0 radical (unpaired) electrons. The van der Waals surface area contributed by atoms with Crippen molar-refractivity contribution < 1.29 is 23.3 Å². The molecular formula is C34H45N7O5S. The van der Waals surface area contributed by atoms with Crippen molar-refractivity contribution in [2.75, 3.05) is 29.6 Å². The fourth-order valence-corrected chi connectivity index (χ4v) is 5.70. The first-order chi connectivity index (χ1) is 22.1. The molecule has 1 atom stereocenters. The van der Waals surface area contributed by atoms with Crippen molar-refractivity contribution in [3.05, 3.63) is 53.2 Å². The van der Waals surface area contributed by atoms with Gasteiger partial charge in [-0.05, 0) is 83.2 Å². The lowest BCUT2D eigenvalue weighted by molar-refractivity contribution is 0.0305. The van der Waals surface area contributed by atoms with Crippen LogP contribution in [0.2, 0.25) is 0 Å². The number of nitrogens with one attached hydrogen (secondary N) is 1. The van der Waals surface area contributed by atoms with Gasteiger partial charge in [-0.1, -0.05) is 26.0 Å². The largest absolute Gasteiger partial charge is 0.444 e. The van der Waals surface area contributed by atoms with Crippen LogP contribution in [0.1, 0.15) is 84.9 Å². The Hall–Kier alpha value is -4.44. The van der Waals surface area contributed by atoms with Crippen LogP contribution in [0.25, 0.3) is 11.2 Å². The standard InChI is InChI=1S/C32H39N7O5S.C2H6/c1-31(2,3)43-29(40)37-13-12-20(18-37)25-11-8-23(14-21(25)19-45(7)42)35-26-15-27(39-28(36-26)22(16-33)17-34-39)38(24-9-10-24)30(41)44-32(4,5)6;1-2/h8,11-12,14-15,17,24H,9-10,13,18-19H2,1-7H3,(H,35,36);1-2H3. The number of nitrogens with zero attached hydrogens (tertiary/aromatic N) is 6. The van der Waals surface area contributed by atoms with Gasteiger partial charge in [0.05, 0.1) is 6.20 Å². The van der Waals surface area contributed by atoms with E-state index < -0.39 is 28.1 Å². The molecule has 252 valence electrons. The maximum atomic E-state index is 13.4. The fourth-order valence-electron chi connectivity index (χ4n) is 5.02.